The Morgan fingerprint density at radius 1 is 1.45 bits per heavy atom. The second kappa shape index (κ2) is 5.02. The summed E-state index contributed by atoms with van der Waals surface area (Å²) in [6, 6.07) is -0.0787. The van der Waals surface area contributed by atoms with E-state index in [1.54, 1.807) is 0 Å². The van der Waals surface area contributed by atoms with Gasteiger partial charge in [-0.25, -0.2) is 0 Å². The van der Waals surface area contributed by atoms with Crippen molar-refractivity contribution in [2.75, 3.05) is 12.4 Å². The van der Waals surface area contributed by atoms with Gasteiger partial charge in [0.05, 0.1) is 5.41 Å². The maximum absolute atomic E-state index is 12.6. The summed E-state index contributed by atoms with van der Waals surface area (Å²) in [6.45, 7) is 4.49. The van der Waals surface area contributed by atoms with Crippen LogP contribution in [0.15, 0.2) is 4.52 Å². The van der Waals surface area contributed by atoms with Crippen molar-refractivity contribution in [2.45, 2.75) is 51.5 Å². The first kappa shape index (κ1) is 13.9. The molecular formula is C14H20ClN3O2. The van der Waals surface area contributed by atoms with Crippen molar-refractivity contribution in [3.8, 4) is 0 Å². The Morgan fingerprint density at radius 3 is 2.85 bits per heavy atom. The molecule has 1 aliphatic carbocycles. The van der Waals surface area contributed by atoms with Crippen LogP contribution in [0.4, 0.5) is 0 Å². The predicted molar refractivity (Wildman–Crippen MR) is 74.5 cm³/mol. The van der Waals surface area contributed by atoms with Crippen molar-refractivity contribution in [1.29, 1.82) is 0 Å². The fourth-order valence-corrected chi connectivity index (χ4v) is 2.72. The highest BCUT2D eigenvalue weighted by Gasteiger charge is 2.40. The number of likely N-dealkylation sites (tertiary alicyclic amines) is 1. The number of alkyl halides is 1. The second-order valence-electron chi connectivity index (χ2n) is 6.44. The van der Waals surface area contributed by atoms with Gasteiger partial charge in [0, 0.05) is 18.3 Å². The SMILES string of the molecule is CC(C)(CCl)C(=O)N1CCCC1c1nc(C2CC2)no1. The van der Waals surface area contributed by atoms with Gasteiger partial charge in [-0.1, -0.05) is 5.16 Å². The van der Waals surface area contributed by atoms with Crippen LogP contribution in [0.5, 0.6) is 0 Å². The summed E-state index contributed by atoms with van der Waals surface area (Å²) >= 11 is 5.92. The molecule has 1 atom stereocenters. The number of carbonyl (C=O) groups is 1. The topological polar surface area (TPSA) is 59.2 Å². The molecule has 2 fully saturated rings. The molecule has 110 valence electrons. The van der Waals surface area contributed by atoms with Crippen LogP contribution in [-0.4, -0.2) is 33.4 Å². The largest absolute Gasteiger partial charge is 0.337 e. The van der Waals surface area contributed by atoms with E-state index in [4.69, 9.17) is 16.1 Å². The van der Waals surface area contributed by atoms with E-state index in [1.807, 2.05) is 18.7 Å². The quantitative estimate of drug-likeness (QED) is 0.802. The normalized spacial score (nSPS) is 23.4. The summed E-state index contributed by atoms with van der Waals surface area (Å²) in [7, 11) is 0. The number of hydrogen-bond acceptors (Lipinski definition) is 4. The van der Waals surface area contributed by atoms with Gasteiger partial charge in [0.25, 0.3) is 0 Å². The van der Waals surface area contributed by atoms with E-state index in [-0.39, 0.29) is 11.9 Å². The van der Waals surface area contributed by atoms with Gasteiger partial charge in [-0.05, 0) is 39.5 Å². The lowest BCUT2D eigenvalue weighted by Gasteiger charge is -2.30. The highest BCUT2D eigenvalue weighted by atomic mass is 35.5. The Kier molecular flexibility index (Phi) is 3.48. The van der Waals surface area contributed by atoms with Crippen molar-refractivity contribution >= 4 is 17.5 Å². The van der Waals surface area contributed by atoms with Crippen molar-refractivity contribution in [1.82, 2.24) is 15.0 Å². The minimum Gasteiger partial charge on any atom is -0.337 e. The van der Waals surface area contributed by atoms with Crippen LogP contribution < -0.4 is 0 Å². The molecule has 1 saturated carbocycles. The van der Waals surface area contributed by atoms with Gasteiger partial charge >= 0.3 is 0 Å². The fourth-order valence-electron chi connectivity index (χ4n) is 2.60. The number of nitrogens with zero attached hydrogens (tertiary/aromatic N) is 3. The molecule has 6 heteroatoms. The maximum atomic E-state index is 12.6. The zero-order valence-electron chi connectivity index (χ0n) is 11.9. The van der Waals surface area contributed by atoms with Crippen molar-refractivity contribution in [3.63, 3.8) is 0 Å². The third-order valence-corrected chi connectivity index (χ3v) is 4.78. The van der Waals surface area contributed by atoms with E-state index < -0.39 is 5.41 Å². The third kappa shape index (κ3) is 2.43. The van der Waals surface area contributed by atoms with E-state index in [0.717, 1.165) is 38.1 Å². The molecule has 0 bridgehead atoms. The molecule has 20 heavy (non-hydrogen) atoms. The molecular weight excluding hydrogens is 278 g/mol. The second-order valence-corrected chi connectivity index (χ2v) is 6.71. The molecule has 3 rings (SSSR count). The Morgan fingerprint density at radius 2 is 2.20 bits per heavy atom. The standard InChI is InChI=1S/C14H20ClN3O2/c1-14(2,8-15)13(19)18-7-3-4-10(18)12-16-11(17-20-12)9-5-6-9/h9-10H,3-8H2,1-2H3. The number of hydrogen-bond donors (Lipinski definition) is 0. The molecule has 2 heterocycles. The predicted octanol–water partition coefficient (Wildman–Crippen LogP) is 2.88. The van der Waals surface area contributed by atoms with Gasteiger partial charge in [-0.3, -0.25) is 4.79 Å². The monoisotopic (exact) mass is 297 g/mol. The van der Waals surface area contributed by atoms with Crippen LogP contribution in [0.25, 0.3) is 0 Å². The van der Waals surface area contributed by atoms with Gasteiger partial charge in [0.1, 0.15) is 6.04 Å². The number of carbonyl (C=O) groups excluding carboxylic acids is 1. The molecule has 1 aliphatic heterocycles. The molecule has 2 aliphatic rings. The van der Waals surface area contributed by atoms with Crippen LogP contribution in [-0.2, 0) is 4.79 Å². The van der Waals surface area contributed by atoms with Gasteiger partial charge in [0.2, 0.25) is 11.8 Å². The summed E-state index contributed by atoms with van der Waals surface area (Å²) in [5.41, 5.74) is -0.552. The molecule has 0 spiro atoms. The van der Waals surface area contributed by atoms with E-state index in [1.165, 1.54) is 0 Å². The Bertz CT molecular complexity index is 510. The van der Waals surface area contributed by atoms with Crippen LogP contribution in [0.2, 0.25) is 0 Å². The molecule has 0 N–H and O–H groups in total. The van der Waals surface area contributed by atoms with Gasteiger partial charge in [0.15, 0.2) is 5.82 Å². The van der Waals surface area contributed by atoms with Crippen molar-refractivity contribution in [2.24, 2.45) is 5.41 Å². The molecule has 1 amide bonds. The van der Waals surface area contributed by atoms with E-state index in [2.05, 4.69) is 10.1 Å². The zero-order chi connectivity index (χ0) is 14.3. The number of halogens is 1. The van der Waals surface area contributed by atoms with E-state index >= 15 is 0 Å². The minimum absolute atomic E-state index is 0.0705. The lowest BCUT2D eigenvalue weighted by atomic mass is 9.94. The van der Waals surface area contributed by atoms with Crippen LogP contribution >= 0.6 is 11.6 Å². The highest BCUT2D eigenvalue weighted by molar-refractivity contribution is 6.19. The average molecular weight is 298 g/mol. The molecule has 0 aromatic carbocycles. The smallest absolute Gasteiger partial charge is 0.249 e. The number of rotatable bonds is 4. The molecule has 5 nitrogen and oxygen atoms in total. The molecule has 1 aromatic heterocycles. The van der Waals surface area contributed by atoms with Crippen molar-refractivity contribution in [3.05, 3.63) is 11.7 Å². The molecule has 1 unspecified atom stereocenters. The van der Waals surface area contributed by atoms with Crippen LogP contribution in [0.1, 0.15) is 63.2 Å². The summed E-state index contributed by atoms with van der Waals surface area (Å²) in [4.78, 5) is 18.9. The first-order valence-corrected chi connectivity index (χ1v) is 7.77. The third-order valence-electron chi connectivity index (χ3n) is 4.11. The highest BCUT2D eigenvalue weighted by Crippen LogP contribution is 2.40. The molecule has 0 radical (unpaired) electrons. The van der Waals surface area contributed by atoms with Crippen molar-refractivity contribution < 1.29 is 9.32 Å². The Hall–Kier alpha value is -1.10. The lowest BCUT2D eigenvalue weighted by Crippen LogP contribution is -2.41. The first-order chi connectivity index (χ1) is 9.53. The Labute approximate surface area is 123 Å². The first-order valence-electron chi connectivity index (χ1n) is 7.23. The van der Waals surface area contributed by atoms with Gasteiger partial charge < -0.3 is 9.42 Å². The summed E-state index contributed by atoms with van der Waals surface area (Å²) in [5, 5.41) is 4.05. The summed E-state index contributed by atoms with van der Waals surface area (Å²) in [5.74, 6) is 2.24. The van der Waals surface area contributed by atoms with Crippen LogP contribution in [0, 0.1) is 5.41 Å². The van der Waals surface area contributed by atoms with E-state index in [9.17, 15) is 4.79 Å². The number of amides is 1. The maximum Gasteiger partial charge on any atom is 0.249 e. The average Bonchev–Trinajstić information content (AvgIpc) is 2.99. The zero-order valence-corrected chi connectivity index (χ0v) is 12.7. The lowest BCUT2D eigenvalue weighted by molar-refractivity contribution is -0.140. The molecule has 1 saturated heterocycles. The van der Waals surface area contributed by atoms with Gasteiger partial charge in [-0.2, -0.15) is 4.98 Å². The summed E-state index contributed by atoms with van der Waals surface area (Å²) < 4.78 is 5.39. The Balaban J connectivity index is 1.79. The van der Waals surface area contributed by atoms with E-state index in [0.29, 0.717) is 17.7 Å². The fraction of sp³-hybridized carbons (Fsp3) is 0.786. The minimum atomic E-state index is -0.552. The van der Waals surface area contributed by atoms with Gasteiger partial charge in [-0.15, -0.1) is 11.6 Å². The van der Waals surface area contributed by atoms with Crippen LogP contribution in [0.3, 0.4) is 0 Å². The summed E-state index contributed by atoms with van der Waals surface area (Å²) in [6.07, 6.45) is 4.14. The molecule has 1 aromatic rings. The number of aromatic nitrogens is 2.